The molecule has 4 aromatic rings. The van der Waals surface area contributed by atoms with Crippen LogP contribution in [-0.2, 0) is 11.2 Å². The monoisotopic (exact) mass is 462 g/mol. The lowest BCUT2D eigenvalue weighted by molar-refractivity contribution is 0.0303. The molecule has 2 saturated heterocycles. The molecule has 2 fully saturated rings. The summed E-state index contributed by atoms with van der Waals surface area (Å²) in [7, 11) is 0. The fourth-order valence-electron chi connectivity index (χ4n) is 5.40. The molecule has 2 aliphatic heterocycles. The third-order valence-electron chi connectivity index (χ3n) is 6.88. The fourth-order valence-corrected chi connectivity index (χ4v) is 5.40. The quantitative estimate of drug-likeness (QED) is 0.459. The van der Waals surface area contributed by atoms with E-state index < -0.39 is 5.82 Å². The van der Waals surface area contributed by atoms with Crippen molar-refractivity contribution in [2.24, 2.45) is 0 Å². The predicted molar refractivity (Wildman–Crippen MR) is 126 cm³/mol. The van der Waals surface area contributed by atoms with Crippen molar-refractivity contribution in [2.45, 2.75) is 45.3 Å². The average Bonchev–Trinajstić information content (AvgIpc) is 3.16. The number of hydrogen-bond acceptors (Lipinski definition) is 6. The van der Waals surface area contributed by atoms with Gasteiger partial charge in [0.05, 0.1) is 17.6 Å². The fraction of sp³-hybridized carbons (Fsp3) is 0.346. The maximum absolute atomic E-state index is 16.1. The molecule has 8 heteroatoms. The molecule has 0 amide bonds. The first-order valence-electron chi connectivity index (χ1n) is 11.6. The molecule has 0 aliphatic carbocycles. The zero-order valence-electron chi connectivity index (χ0n) is 19.0. The van der Waals surface area contributed by atoms with E-state index in [-0.39, 0.29) is 35.0 Å². The van der Waals surface area contributed by atoms with Crippen LogP contribution in [0.4, 0.5) is 14.6 Å². The highest BCUT2D eigenvalue weighted by atomic mass is 19.1. The van der Waals surface area contributed by atoms with Crippen LogP contribution in [0.1, 0.15) is 31.2 Å². The van der Waals surface area contributed by atoms with Crippen LogP contribution in [-0.4, -0.2) is 45.4 Å². The molecular formula is C26H24F2N4O2. The van der Waals surface area contributed by atoms with Crippen molar-refractivity contribution in [3.63, 3.8) is 0 Å². The van der Waals surface area contributed by atoms with Gasteiger partial charge in [0.15, 0.2) is 5.82 Å². The van der Waals surface area contributed by atoms with Gasteiger partial charge in [-0.25, -0.2) is 18.7 Å². The molecule has 2 aromatic heterocycles. The normalized spacial score (nSPS) is 19.9. The molecule has 1 N–H and O–H groups in total. The SMILES string of the molecule is CCc1c(F)ccc2cc(O)cc(-c3ncc4c(N5CC6CCC(C5)O6)nc(C)nc4c3F)c12. The number of aromatic hydroxyl groups is 1. The van der Waals surface area contributed by atoms with Crippen molar-refractivity contribution in [3.8, 4) is 17.0 Å². The summed E-state index contributed by atoms with van der Waals surface area (Å²) in [6, 6.07) is 5.94. The molecule has 6 rings (SSSR count). The highest BCUT2D eigenvalue weighted by Gasteiger charge is 2.35. The summed E-state index contributed by atoms with van der Waals surface area (Å²) in [5, 5.41) is 12.0. The van der Waals surface area contributed by atoms with Gasteiger partial charge >= 0.3 is 0 Å². The van der Waals surface area contributed by atoms with Crippen LogP contribution in [0.2, 0.25) is 0 Å². The van der Waals surface area contributed by atoms with E-state index in [4.69, 9.17) is 4.74 Å². The number of morpholine rings is 1. The first-order chi connectivity index (χ1) is 16.4. The van der Waals surface area contributed by atoms with Gasteiger partial charge in [0.2, 0.25) is 0 Å². The number of aryl methyl sites for hydroxylation is 2. The third kappa shape index (κ3) is 3.27. The Labute approximate surface area is 195 Å². The van der Waals surface area contributed by atoms with Gasteiger partial charge < -0.3 is 14.7 Å². The number of hydrogen-bond donors (Lipinski definition) is 1. The van der Waals surface area contributed by atoms with E-state index in [9.17, 15) is 9.50 Å². The molecule has 6 nitrogen and oxygen atoms in total. The predicted octanol–water partition coefficient (Wildman–Crippen LogP) is 5.07. The van der Waals surface area contributed by atoms with E-state index in [0.717, 1.165) is 12.8 Å². The second kappa shape index (κ2) is 7.84. The molecule has 2 bridgehead atoms. The first-order valence-corrected chi connectivity index (χ1v) is 11.6. The Morgan fingerprint density at radius 1 is 1.12 bits per heavy atom. The van der Waals surface area contributed by atoms with E-state index in [1.807, 2.05) is 6.92 Å². The molecule has 174 valence electrons. The number of rotatable bonds is 3. The van der Waals surface area contributed by atoms with Crippen LogP contribution >= 0.6 is 0 Å². The number of pyridine rings is 1. The minimum Gasteiger partial charge on any atom is -0.508 e. The number of halogens is 2. The minimum atomic E-state index is -0.612. The molecule has 0 saturated carbocycles. The Morgan fingerprint density at radius 3 is 2.62 bits per heavy atom. The van der Waals surface area contributed by atoms with Gasteiger partial charge in [0.25, 0.3) is 0 Å². The molecule has 2 aromatic carbocycles. The third-order valence-corrected chi connectivity index (χ3v) is 6.88. The van der Waals surface area contributed by atoms with E-state index in [1.165, 1.54) is 12.1 Å². The van der Waals surface area contributed by atoms with Gasteiger partial charge in [-0.3, -0.25) is 4.98 Å². The number of ether oxygens (including phenoxy) is 1. The molecule has 0 spiro atoms. The second-order valence-electron chi connectivity index (χ2n) is 9.11. The standard InChI is InChI=1S/C26H24F2N4O2/c1-3-18-21(27)7-4-14-8-15(33)9-19(22(14)18)24-23(28)25-20(10-29-24)26(31-13(2)30-25)32-11-16-5-6-17(12-32)34-16/h4,7-10,16-17,33H,3,5-6,11-12H2,1-2H3. The second-order valence-corrected chi connectivity index (χ2v) is 9.11. The number of phenolic OH excluding ortho intramolecular Hbond substituents is 1. The Balaban J connectivity index is 1.57. The maximum atomic E-state index is 16.1. The summed E-state index contributed by atoms with van der Waals surface area (Å²) in [5.41, 5.74) is 0.988. The Kier molecular flexibility index (Phi) is 4.88. The van der Waals surface area contributed by atoms with Crippen molar-refractivity contribution in [1.29, 1.82) is 0 Å². The highest BCUT2D eigenvalue weighted by Crippen LogP contribution is 2.39. The molecule has 4 heterocycles. The summed E-state index contributed by atoms with van der Waals surface area (Å²) in [6.07, 6.45) is 4.34. The van der Waals surface area contributed by atoms with Gasteiger partial charge in [0.1, 0.15) is 34.4 Å². The lowest BCUT2D eigenvalue weighted by Gasteiger charge is -2.33. The average molecular weight is 463 g/mol. The van der Waals surface area contributed by atoms with E-state index in [1.54, 1.807) is 25.3 Å². The van der Waals surface area contributed by atoms with E-state index in [0.29, 0.717) is 58.4 Å². The Bertz CT molecular complexity index is 1450. The van der Waals surface area contributed by atoms with Gasteiger partial charge in [0, 0.05) is 24.8 Å². The zero-order chi connectivity index (χ0) is 23.6. The van der Waals surface area contributed by atoms with Crippen molar-refractivity contribution in [1.82, 2.24) is 15.0 Å². The number of anilines is 1. The highest BCUT2D eigenvalue weighted by molar-refractivity contribution is 6.01. The smallest absolute Gasteiger partial charge is 0.175 e. The molecule has 2 atom stereocenters. The number of benzene rings is 2. The first kappa shape index (κ1) is 21.2. The summed E-state index contributed by atoms with van der Waals surface area (Å²) in [6.45, 7) is 4.98. The zero-order valence-corrected chi connectivity index (χ0v) is 19.0. The van der Waals surface area contributed by atoms with Gasteiger partial charge in [-0.15, -0.1) is 0 Å². The Morgan fingerprint density at radius 2 is 1.88 bits per heavy atom. The lowest BCUT2D eigenvalue weighted by atomic mass is 9.94. The van der Waals surface area contributed by atoms with Crippen LogP contribution in [0.15, 0.2) is 30.5 Å². The van der Waals surface area contributed by atoms with Crippen LogP contribution in [0.25, 0.3) is 32.9 Å². The van der Waals surface area contributed by atoms with Crippen molar-refractivity contribution < 1.29 is 18.6 Å². The van der Waals surface area contributed by atoms with Gasteiger partial charge in [-0.2, -0.15) is 0 Å². The van der Waals surface area contributed by atoms with Crippen molar-refractivity contribution in [3.05, 3.63) is 53.5 Å². The summed E-state index contributed by atoms with van der Waals surface area (Å²) in [4.78, 5) is 15.6. The van der Waals surface area contributed by atoms with Crippen LogP contribution < -0.4 is 4.90 Å². The van der Waals surface area contributed by atoms with Crippen LogP contribution in [0.3, 0.4) is 0 Å². The largest absolute Gasteiger partial charge is 0.508 e. The van der Waals surface area contributed by atoms with Crippen LogP contribution in [0.5, 0.6) is 5.75 Å². The topological polar surface area (TPSA) is 71.4 Å². The summed E-state index contributed by atoms with van der Waals surface area (Å²) in [5.74, 6) is 0.0881. The van der Waals surface area contributed by atoms with Crippen molar-refractivity contribution >= 4 is 27.5 Å². The van der Waals surface area contributed by atoms with Gasteiger partial charge in [-0.1, -0.05) is 13.0 Å². The molecule has 2 unspecified atom stereocenters. The Hall–Kier alpha value is -3.39. The molecule has 2 aliphatic rings. The van der Waals surface area contributed by atoms with Crippen molar-refractivity contribution in [2.75, 3.05) is 18.0 Å². The summed E-state index contributed by atoms with van der Waals surface area (Å²) < 4.78 is 36.7. The molecule has 0 radical (unpaired) electrons. The van der Waals surface area contributed by atoms with E-state index >= 15 is 4.39 Å². The number of fused-ring (bicyclic) bond motifs is 4. The van der Waals surface area contributed by atoms with Gasteiger partial charge in [-0.05, 0) is 60.7 Å². The molecular weight excluding hydrogens is 438 g/mol. The number of aromatic nitrogens is 3. The lowest BCUT2D eigenvalue weighted by Crippen LogP contribution is -2.43. The molecule has 34 heavy (non-hydrogen) atoms. The summed E-state index contributed by atoms with van der Waals surface area (Å²) >= 11 is 0. The number of phenols is 1. The maximum Gasteiger partial charge on any atom is 0.175 e. The van der Waals surface area contributed by atoms with Crippen LogP contribution in [0, 0.1) is 18.6 Å². The number of nitrogens with zero attached hydrogens (tertiary/aromatic N) is 4. The van der Waals surface area contributed by atoms with E-state index in [2.05, 4.69) is 19.9 Å². The minimum absolute atomic E-state index is 0.0276.